The van der Waals surface area contributed by atoms with Crippen LogP contribution in [0.4, 0.5) is 4.79 Å². The summed E-state index contributed by atoms with van der Waals surface area (Å²) in [6.07, 6.45) is 7.21. The molecule has 1 amide bonds. The third-order valence-electron chi connectivity index (χ3n) is 4.13. The van der Waals surface area contributed by atoms with Crippen molar-refractivity contribution in [2.45, 2.75) is 58.6 Å². The third kappa shape index (κ3) is 3.88. The Morgan fingerprint density at radius 2 is 2.05 bits per heavy atom. The van der Waals surface area contributed by atoms with E-state index in [9.17, 15) is 9.90 Å². The first-order chi connectivity index (χ1) is 9.81. The Labute approximate surface area is 127 Å². The molecule has 2 unspecified atom stereocenters. The highest BCUT2D eigenvalue weighted by Crippen LogP contribution is 2.35. The molecule has 4 nitrogen and oxygen atoms in total. The predicted octanol–water partition coefficient (Wildman–Crippen LogP) is 3.27. The van der Waals surface area contributed by atoms with Crippen LogP contribution in [0.1, 0.15) is 47.0 Å². The zero-order valence-corrected chi connectivity index (χ0v) is 13.6. The first-order valence-corrected chi connectivity index (χ1v) is 7.79. The molecule has 1 heterocycles. The Hall–Kier alpha value is -1.29. The fourth-order valence-electron chi connectivity index (χ4n) is 3.17. The summed E-state index contributed by atoms with van der Waals surface area (Å²) in [6, 6.07) is -0.138. The van der Waals surface area contributed by atoms with Gasteiger partial charge in [0.25, 0.3) is 0 Å². The molecule has 21 heavy (non-hydrogen) atoms. The molecule has 1 saturated heterocycles. The number of rotatable bonds is 2. The molecule has 0 aromatic heterocycles. The number of carbonyl (C=O) groups excluding carboxylic acids is 1. The Bertz CT molecular complexity index is 459. The van der Waals surface area contributed by atoms with E-state index >= 15 is 0 Å². The third-order valence-corrected chi connectivity index (χ3v) is 4.13. The van der Waals surface area contributed by atoms with Crippen LogP contribution in [-0.2, 0) is 4.74 Å². The van der Waals surface area contributed by atoms with Crippen molar-refractivity contribution in [3.05, 3.63) is 23.3 Å². The molecule has 0 aromatic carbocycles. The van der Waals surface area contributed by atoms with E-state index < -0.39 is 5.60 Å². The Kier molecular flexibility index (Phi) is 4.77. The summed E-state index contributed by atoms with van der Waals surface area (Å²) in [5, 5.41) is 9.58. The molecule has 1 aliphatic heterocycles. The normalized spacial score (nSPS) is 26.4. The van der Waals surface area contributed by atoms with Gasteiger partial charge in [-0.15, -0.1) is 0 Å². The summed E-state index contributed by atoms with van der Waals surface area (Å²) in [6.45, 7) is 8.35. The number of likely N-dealkylation sites (tertiary alicyclic amines) is 1. The summed E-state index contributed by atoms with van der Waals surface area (Å²) >= 11 is 0. The van der Waals surface area contributed by atoms with Crippen LogP contribution in [-0.4, -0.2) is 40.9 Å². The smallest absolute Gasteiger partial charge is 0.410 e. The number of hydrogen-bond donors (Lipinski definition) is 1. The molecule has 0 saturated carbocycles. The molecule has 1 aliphatic carbocycles. The summed E-state index contributed by atoms with van der Waals surface area (Å²) in [5.74, 6) is 0.311. The largest absolute Gasteiger partial charge is 0.444 e. The van der Waals surface area contributed by atoms with Crippen molar-refractivity contribution in [3.8, 4) is 0 Å². The molecule has 0 aromatic rings. The number of amides is 1. The van der Waals surface area contributed by atoms with E-state index in [0.29, 0.717) is 12.5 Å². The maximum absolute atomic E-state index is 12.3. The van der Waals surface area contributed by atoms with E-state index in [2.05, 4.69) is 19.1 Å². The molecular formula is C17H27NO3. The first-order valence-electron chi connectivity index (χ1n) is 7.79. The van der Waals surface area contributed by atoms with E-state index in [-0.39, 0.29) is 18.7 Å². The second-order valence-electron chi connectivity index (χ2n) is 7.03. The van der Waals surface area contributed by atoms with Crippen LogP contribution in [0.2, 0.25) is 0 Å². The van der Waals surface area contributed by atoms with Crippen LogP contribution in [0.5, 0.6) is 0 Å². The SMILES string of the molecule is CC1=CCCC=C1C1CC(CO)N(C(=O)OC(C)(C)C)C1. The van der Waals surface area contributed by atoms with Crippen LogP contribution < -0.4 is 0 Å². The molecule has 118 valence electrons. The minimum Gasteiger partial charge on any atom is -0.444 e. The van der Waals surface area contributed by atoms with Gasteiger partial charge in [-0.25, -0.2) is 4.79 Å². The molecular weight excluding hydrogens is 266 g/mol. The van der Waals surface area contributed by atoms with Gasteiger partial charge in [0.05, 0.1) is 12.6 Å². The molecule has 2 rings (SSSR count). The zero-order valence-electron chi connectivity index (χ0n) is 13.6. The molecule has 0 bridgehead atoms. The number of aliphatic hydroxyl groups is 1. The van der Waals surface area contributed by atoms with Crippen LogP contribution in [0.3, 0.4) is 0 Å². The van der Waals surface area contributed by atoms with Crippen molar-refractivity contribution < 1.29 is 14.6 Å². The van der Waals surface area contributed by atoms with Crippen molar-refractivity contribution in [1.29, 1.82) is 0 Å². The number of ether oxygens (including phenoxy) is 1. The number of nitrogens with zero attached hydrogens (tertiary/aromatic N) is 1. The van der Waals surface area contributed by atoms with Gasteiger partial charge in [0.1, 0.15) is 5.60 Å². The average Bonchev–Trinajstić information content (AvgIpc) is 2.81. The van der Waals surface area contributed by atoms with Crippen LogP contribution >= 0.6 is 0 Å². The maximum atomic E-state index is 12.3. The zero-order chi connectivity index (χ0) is 15.6. The minimum absolute atomic E-state index is 0.00815. The van der Waals surface area contributed by atoms with Gasteiger partial charge in [0.15, 0.2) is 0 Å². The lowest BCUT2D eigenvalue weighted by molar-refractivity contribution is 0.0173. The first kappa shape index (κ1) is 16.1. The lowest BCUT2D eigenvalue weighted by atomic mass is 9.87. The fourth-order valence-corrected chi connectivity index (χ4v) is 3.17. The fraction of sp³-hybridized carbons (Fsp3) is 0.706. The molecule has 0 spiro atoms. The second kappa shape index (κ2) is 6.22. The Balaban J connectivity index is 2.09. The van der Waals surface area contributed by atoms with Crippen molar-refractivity contribution >= 4 is 6.09 Å². The lowest BCUT2D eigenvalue weighted by Crippen LogP contribution is -2.41. The number of carbonyl (C=O) groups is 1. The number of allylic oxidation sites excluding steroid dienone is 3. The molecule has 0 radical (unpaired) electrons. The second-order valence-corrected chi connectivity index (χ2v) is 7.03. The van der Waals surface area contributed by atoms with Crippen LogP contribution in [0.15, 0.2) is 23.3 Å². The van der Waals surface area contributed by atoms with Gasteiger partial charge in [-0.1, -0.05) is 17.7 Å². The van der Waals surface area contributed by atoms with E-state index in [4.69, 9.17) is 4.74 Å². The van der Waals surface area contributed by atoms with Crippen molar-refractivity contribution in [2.24, 2.45) is 5.92 Å². The number of aliphatic hydroxyl groups excluding tert-OH is 1. The maximum Gasteiger partial charge on any atom is 0.410 e. The van der Waals surface area contributed by atoms with Gasteiger partial charge in [-0.2, -0.15) is 0 Å². The van der Waals surface area contributed by atoms with E-state index in [1.54, 1.807) is 4.90 Å². The minimum atomic E-state index is -0.505. The molecule has 4 heteroatoms. The molecule has 1 N–H and O–H groups in total. The van der Waals surface area contributed by atoms with E-state index in [1.165, 1.54) is 11.1 Å². The Morgan fingerprint density at radius 1 is 1.38 bits per heavy atom. The molecule has 2 aliphatic rings. The molecule has 1 fully saturated rings. The standard InChI is InChI=1S/C17H27NO3/c1-12-7-5-6-8-15(12)13-9-14(11-19)18(10-13)16(20)21-17(2,3)4/h7-8,13-14,19H,5-6,9-11H2,1-4H3. The van der Waals surface area contributed by atoms with Gasteiger partial charge >= 0.3 is 6.09 Å². The van der Waals surface area contributed by atoms with Crippen molar-refractivity contribution in [3.63, 3.8) is 0 Å². The van der Waals surface area contributed by atoms with Crippen LogP contribution in [0.25, 0.3) is 0 Å². The lowest BCUT2D eigenvalue weighted by Gasteiger charge is -2.27. The highest BCUT2D eigenvalue weighted by Gasteiger charge is 2.38. The van der Waals surface area contributed by atoms with Gasteiger partial charge in [-0.05, 0) is 52.5 Å². The predicted molar refractivity (Wildman–Crippen MR) is 83.0 cm³/mol. The average molecular weight is 293 g/mol. The van der Waals surface area contributed by atoms with Gasteiger partial charge < -0.3 is 14.7 Å². The topological polar surface area (TPSA) is 49.8 Å². The highest BCUT2D eigenvalue weighted by molar-refractivity contribution is 5.69. The summed E-state index contributed by atoms with van der Waals surface area (Å²) in [7, 11) is 0. The number of hydrogen-bond acceptors (Lipinski definition) is 3. The van der Waals surface area contributed by atoms with Crippen molar-refractivity contribution in [2.75, 3.05) is 13.2 Å². The highest BCUT2D eigenvalue weighted by atomic mass is 16.6. The van der Waals surface area contributed by atoms with Gasteiger partial charge in [-0.3, -0.25) is 0 Å². The quantitative estimate of drug-likeness (QED) is 0.850. The summed E-state index contributed by atoms with van der Waals surface area (Å²) in [4.78, 5) is 14.0. The van der Waals surface area contributed by atoms with Crippen LogP contribution in [0, 0.1) is 5.92 Å². The summed E-state index contributed by atoms with van der Waals surface area (Å²) < 4.78 is 5.46. The summed E-state index contributed by atoms with van der Waals surface area (Å²) in [5.41, 5.74) is 2.15. The van der Waals surface area contributed by atoms with Gasteiger partial charge in [0, 0.05) is 12.5 Å². The monoisotopic (exact) mass is 293 g/mol. The van der Waals surface area contributed by atoms with Gasteiger partial charge in [0.2, 0.25) is 0 Å². The van der Waals surface area contributed by atoms with E-state index in [1.807, 2.05) is 20.8 Å². The van der Waals surface area contributed by atoms with E-state index in [0.717, 1.165) is 19.3 Å². The Morgan fingerprint density at radius 3 is 2.62 bits per heavy atom. The van der Waals surface area contributed by atoms with Crippen molar-refractivity contribution in [1.82, 2.24) is 4.90 Å². The molecule has 2 atom stereocenters.